The highest BCUT2D eigenvalue weighted by molar-refractivity contribution is 6.15. The molecule has 2 aliphatic rings. The fourth-order valence-corrected chi connectivity index (χ4v) is 4.57. The van der Waals surface area contributed by atoms with E-state index in [1.54, 1.807) is 0 Å². The molecule has 34 heavy (non-hydrogen) atoms. The van der Waals surface area contributed by atoms with Crippen molar-refractivity contribution in [3.63, 3.8) is 0 Å². The molecule has 168 valence electrons. The summed E-state index contributed by atoms with van der Waals surface area (Å²) in [6, 6.07) is 23.3. The zero-order valence-corrected chi connectivity index (χ0v) is 18.6. The Hall–Kier alpha value is -4.26. The number of ketones is 1. The molecule has 6 rings (SSSR count). The Morgan fingerprint density at radius 1 is 0.971 bits per heavy atom. The van der Waals surface area contributed by atoms with Crippen LogP contribution >= 0.6 is 0 Å². The number of aliphatic imine (C=N–C) groups is 1. The van der Waals surface area contributed by atoms with Crippen LogP contribution in [0.3, 0.4) is 0 Å². The molecule has 1 unspecified atom stereocenters. The Kier molecular flexibility index (Phi) is 4.95. The number of hydrogen-bond acceptors (Lipinski definition) is 6. The third-order valence-corrected chi connectivity index (χ3v) is 6.14. The van der Waals surface area contributed by atoms with E-state index in [9.17, 15) is 4.79 Å². The number of fused-ring (bicyclic) bond motifs is 4. The van der Waals surface area contributed by atoms with Crippen molar-refractivity contribution in [3.05, 3.63) is 101 Å². The van der Waals surface area contributed by atoms with Crippen LogP contribution in [-0.4, -0.2) is 33.1 Å². The van der Waals surface area contributed by atoms with Gasteiger partial charge in [-0.1, -0.05) is 54.6 Å². The standard InChI is InChI=1S/C27H22N4O3/c1-17-29-30-27-22(15-20(32)13-18-11-12-24-25(14-18)34-16-33-24)28-26(19-7-3-2-4-8-19)21-9-5-6-10-23(21)31(17)27/h2-12,14,22H,13,15-16H2,1H3. The zero-order chi connectivity index (χ0) is 23.1. The number of ether oxygens (including phenoxy) is 2. The van der Waals surface area contributed by atoms with E-state index in [1.807, 2.05) is 78.2 Å². The average molecular weight is 450 g/mol. The molecular weight excluding hydrogens is 428 g/mol. The van der Waals surface area contributed by atoms with Gasteiger partial charge in [-0.2, -0.15) is 0 Å². The molecule has 0 bridgehead atoms. The second kappa shape index (κ2) is 8.26. The van der Waals surface area contributed by atoms with E-state index in [-0.39, 0.29) is 25.4 Å². The van der Waals surface area contributed by atoms with Crippen molar-refractivity contribution in [3.8, 4) is 17.2 Å². The first-order valence-electron chi connectivity index (χ1n) is 11.2. The van der Waals surface area contributed by atoms with Crippen molar-refractivity contribution in [2.24, 2.45) is 4.99 Å². The molecule has 0 N–H and O–H groups in total. The fourth-order valence-electron chi connectivity index (χ4n) is 4.57. The van der Waals surface area contributed by atoms with E-state index in [1.165, 1.54) is 0 Å². The lowest BCUT2D eigenvalue weighted by atomic mass is 10.00. The minimum Gasteiger partial charge on any atom is -0.454 e. The number of benzene rings is 3. The van der Waals surface area contributed by atoms with Crippen LogP contribution in [0.5, 0.6) is 11.5 Å². The summed E-state index contributed by atoms with van der Waals surface area (Å²) in [6.07, 6.45) is 0.500. The zero-order valence-electron chi connectivity index (χ0n) is 18.6. The number of carbonyl (C=O) groups excluding carboxylic acids is 1. The quantitative estimate of drug-likeness (QED) is 0.450. The van der Waals surface area contributed by atoms with Crippen molar-refractivity contribution >= 4 is 11.5 Å². The number of nitrogens with zero attached hydrogens (tertiary/aromatic N) is 4. The molecule has 0 fully saturated rings. The third-order valence-electron chi connectivity index (χ3n) is 6.14. The van der Waals surface area contributed by atoms with Crippen LogP contribution in [0.15, 0.2) is 77.8 Å². The molecule has 0 radical (unpaired) electrons. The number of rotatable bonds is 5. The summed E-state index contributed by atoms with van der Waals surface area (Å²) < 4.78 is 12.9. The van der Waals surface area contributed by atoms with Crippen molar-refractivity contribution in [1.29, 1.82) is 0 Å². The second-order valence-electron chi connectivity index (χ2n) is 8.42. The van der Waals surface area contributed by atoms with Crippen LogP contribution in [0.25, 0.3) is 5.69 Å². The lowest BCUT2D eigenvalue weighted by molar-refractivity contribution is -0.118. The fraction of sp³-hybridized carbons (Fsp3) is 0.185. The molecule has 0 spiro atoms. The van der Waals surface area contributed by atoms with Gasteiger partial charge in [0.25, 0.3) is 0 Å². The van der Waals surface area contributed by atoms with E-state index in [0.717, 1.165) is 33.9 Å². The predicted molar refractivity (Wildman–Crippen MR) is 127 cm³/mol. The highest BCUT2D eigenvalue weighted by Gasteiger charge is 2.29. The van der Waals surface area contributed by atoms with Gasteiger partial charge in [-0.15, -0.1) is 10.2 Å². The van der Waals surface area contributed by atoms with Crippen LogP contribution in [0.4, 0.5) is 0 Å². The minimum absolute atomic E-state index is 0.0678. The van der Waals surface area contributed by atoms with Crippen LogP contribution in [0.2, 0.25) is 0 Å². The van der Waals surface area contributed by atoms with Crippen LogP contribution in [0.1, 0.15) is 40.8 Å². The summed E-state index contributed by atoms with van der Waals surface area (Å²) >= 11 is 0. The van der Waals surface area contributed by atoms with Gasteiger partial charge < -0.3 is 9.47 Å². The summed E-state index contributed by atoms with van der Waals surface area (Å²) in [6.45, 7) is 2.13. The molecule has 0 saturated heterocycles. The Morgan fingerprint density at radius 2 is 1.76 bits per heavy atom. The van der Waals surface area contributed by atoms with Gasteiger partial charge in [-0.3, -0.25) is 14.4 Å². The molecular formula is C27H22N4O3. The molecule has 3 heterocycles. The van der Waals surface area contributed by atoms with Crippen molar-refractivity contribution < 1.29 is 14.3 Å². The van der Waals surface area contributed by atoms with Gasteiger partial charge in [0, 0.05) is 24.0 Å². The third kappa shape index (κ3) is 3.55. The van der Waals surface area contributed by atoms with Gasteiger partial charge in [0.15, 0.2) is 17.3 Å². The van der Waals surface area contributed by atoms with E-state index in [2.05, 4.69) is 16.3 Å². The van der Waals surface area contributed by atoms with Crippen molar-refractivity contribution in [2.75, 3.05) is 6.79 Å². The van der Waals surface area contributed by atoms with Crippen LogP contribution in [0, 0.1) is 6.92 Å². The summed E-state index contributed by atoms with van der Waals surface area (Å²) in [4.78, 5) is 18.3. The van der Waals surface area contributed by atoms with Gasteiger partial charge in [-0.05, 0) is 30.7 Å². The van der Waals surface area contributed by atoms with Crippen molar-refractivity contribution in [2.45, 2.75) is 25.8 Å². The number of aromatic nitrogens is 3. The van der Waals surface area contributed by atoms with E-state index < -0.39 is 6.04 Å². The second-order valence-corrected chi connectivity index (χ2v) is 8.42. The van der Waals surface area contributed by atoms with E-state index >= 15 is 0 Å². The highest BCUT2D eigenvalue weighted by atomic mass is 16.7. The Bertz CT molecular complexity index is 1430. The van der Waals surface area contributed by atoms with Gasteiger partial charge in [0.05, 0.1) is 11.4 Å². The Labute approximate surface area is 196 Å². The maximum absolute atomic E-state index is 13.2. The van der Waals surface area contributed by atoms with Gasteiger partial charge in [0.1, 0.15) is 17.6 Å². The summed E-state index contributed by atoms with van der Waals surface area (Å²) in [5.74, 6) is 2.89. The lowest BCUT2D eigenvalue weighted by Crippen LogP contribution is -2.12. The number of carbonyl (C=O) groups is 1. The normalized spacial score (nSPS) is 15.8. The Morgan fingerprint density at radius 3 is 2.65 bits per heavy atom. The lowest BCUT2D eigenvalue weighted by Gasteiger charge is -2.12. The summed E-state index contributed by atoms with van der Waals surface area (Å²) in [5.41, 5.74) is 4.69. The molecule has 1 aromatic heterocycles. The van der Waals surface area contributed by atoms with E-state index in [4.69, 9.17) is 14.5 Å². The monoisotopic (exact) mass is 450 g/mol. The summed E-state index contributed by atoms with van der Waals surface area (Å²) in [7, 11) is 0. The van der Waals surface area contributed by atoms with Gasteiger partial charge in [-0.25, -0.2) is 0 Å². The van der Waals surface area contributed by atoms with E-state index in [0.29, 0.717) is 17.3 Å². The first-order valence-corrected chi connectivity index (χ1v) is 11.2. The van der Waals surface area contributed by atoms with Gasteiger partial charge in [0.2, 0.25) is 6.79 Å². The number of hydrogen-bond donors (Lipinski definition) is 0. The average Bonchev–Trinajstić information content (AvgIpc) is 3.45. The molecule has 7 nitrogen and oxygen atoms in total. The molecule has 0 amide bonds. The minimum atomic E-state index is -0.453. The largest absolute Gasteiger partial charge is 0.454 e. The highest BCUT2D eigenvalue weighted by Crippen LogP contribution is 2.34. The molecule has 3 aromatic carbocycles. The van der Waals surface area contributed by atoms with Crippen LogP contribution in [-0.2, 0) is 11.2 Å². The van der Waals surface area contributed by atoms with Gasteiger partial charge >= 0.3 is 0 Å². The molecule has 1 atom stereocenters. The maximum atomic E-state index is 13.2. The number of aryl methyl sites for hydroxylation is 1. The van der Waals surface area contributed by atoms with Crippen molar-refractivity contribution in [1.82, 2.24) is 14.8 Å². The molecule has 4 aromatic rings. The number of Topliss-reactive ketones (excluding diaryl/α,β-unsaturated/α-hetero) is 1. The SMILES string of the molecule is Cc1nnc2n1-c1ccccc1C(c1ccccc1)=NC2CC(=O)Cc1ccc2c(c1)OCO2. The first-order chi connectivity index (χ1) is 16.7. The predicted octanol–water partition coefficient (Wildman–Crippen LogP) is 4.40. The molecule has 0 aliphatic carbocycles. The Balaban J connectivity index is 1.39. The smallest absolute Gasteiger partial charge is 0.231 e. The molecule has 7 heteroatoms. The maximum Gasteiger partial charge on any atom is 0.231 e. The summed E-state index contributed by atoms with van der Waals surface area (Å²) in [5, 5.41) is 8.77. The van der Waals surface area contributed by atoms with Crippen LogP contribution < -0.4 is 9.47 Å². The first kappa shape index (κ1) is 20.4. The topological polar surface area (TPSA) is 78.6 Å². The molecule has 0 saturated carbocycles. The number of para-hydroxylation sites is 1. The molecule has 2 aliphatic heterocycles.